The lowest BCUT2D eigenvalue weighted by atomic mass is 10.1. The standard InChI is InChI=1S/C14H12N2O/c1-16-9-8-15-14(16)17-13-7-6-11-4-2-3-5-12(11)10-13/h2-10H,1H3. The number of imidazole rings is 1. The molecule has 3 rings (SSSR count). The first kappa shape index (κ1) is 9.90. The van der Waals surface area contributed by atoms with Gasteiger partial charge in [0.1, 0.15) is 5.75 Å². The van der Waals surface area contributed by atoms with Gasteiger partial charge in [0.25, 0.3) is 0 Å². The van der Waals surface area contributed by atoms with Gasteiger partial charge in [0.05, 0.1) is 0 Å². The Kier molecular flexibility index (Phi) is 2.29. The Morgan fingerprint density at radius 3 is 2.65 bits per heavy atom. The fraction of sp³-hybridized carbons (Fsp3) is 0.0714. The smallest absolute Gasteiger partial charge is 0.301 e. The zero-order valence-electron chi connectivity index (χ0n) is 9.50. The molecule has 0 unspecified atom stereocenters. The summed E-state index contributed by atoms with van der Waals surface area (Å²) < 4.78 is 7.55. The zero-order chi connectivity index (χ0) is 11.7. The number of ether oxygens (including phenoxy) is 1. The van der Waals surface area contributed by atoms with Crippen LogP contribution in [-0.2, 0) is 7.05 Å². The third-order valence-corrected chi connectivity index (χ3v) is 2.71. The molecule has 0 amide bonds. The fourth-order valence-corrected chi connectivity index (χ4v) is 1.79. The summed E-state index contributed by atoms with van der Waals surface area (Å²) in [4.78, 5) is 4.13. The lowest BCUT2D eigenvalue weighted by Gasteiger charge is -2.05. The van der Waals surface area contributed by atoms with E-state index in [1.165, 1.54) is 10.8 Å². The normalized spacial score (nSPS) is 10.6. The minimum Gasteiger partial charge on any atom is -0.426 e. The molecule has 0 aliphatic carbocycles. The largest absolute Gasteiger partial charge is 0.426 e. The van der Waals surface area contributed by atoms with Crippen LogP contribution in [0.4, 0.5) is 0 Å². The maximum Gasteiger partial charge on any atom is 0.301 e. The van der Waals surface area contributed by atoms with Gasteiger partial charge in [0, 0.05) is 19.4 Å². The minimum absolute atomic E-state index is 0.597. The van der Waals surface area contributed by atoms with Crippen LogP contribution in [-0.4, -0.2) is 9.55 Å². The fourth-order valence-electron chi connectivity index (χ4n) is 1.79. The molecule has 84 valence electrons. The predicted molar refractivity (Wildman–Crippen MR) is 67.2 cm³/mol. The van der Waals surface area contributed by atoms with Crippen LogP contribution in [0.2, 0.25) is 0 Å². The molecular weight excluding hydrogens is 212 g/mol. The van der Waals surface area contributed by atoms with Gasteiger partial charge >= 0.3 is 6.01 Å². The van der Waals surface area contributed by atoms with Crippen LogP contribution in [0, 0.1) is 0 Å². The molecule has 2 aromatic carbocycles. The second kappa shape index (κ2) is 3.94. The maximum atomic E-state index is 5.71. The van der Waals surface area contributed by atoms with Gasteiger partial charge in [-0.2, -0.15) is 0 Å². The van der Waals surface area contributed by atoms with Crippen LogP contribution in [0.5, 0.6) is 11.8 Å². The molecule has 0 aliphatic heterocycles. The summed E-state index contributed by atoms with van der Waals surface area (Å²) in [6.45, 7) is 0. The molecule has 0 N–H and O–H groups in total. The summed E-state index contributed by atoms with van der Waals surface area (Å²) in [5, 5.41) is 2.37. The summed E-state index contributed by atoms with van der Waals surface area (Å²) in [6.07, 6.45) is 3.58. The second-order valence-corrected chi connectivity index (χ2v) is 3.93. The van der Waals surface area contributed by atoms with Crippen molar-refractivity contribution in [2.45, 2.75) is 0 Å². The molecule has 0 aliphatic rings. The molecule has 0 saturated carbocycles. The molecule has 1 heterocycles. The Bertz CT molecular complexity index is 658. The maximum absolute atomic E-state index is 5.71. The topological polar surface area (TPSA) is 27.1 Å². The monoisotopic (exact) mass is 224 g/mol. The minimum atomic E-state index is 0.597. The molecule has 0 spiro atoms. The number of benzene rings is 2. The number of aryl methyl sites for hydroxylation is 1. The number of rotatable bonds is 2. The molecule has 3 aromatic rings. The van der Waals surface area contributed by atoms with Crippen LogP contribution in [0.3, 0.4) is 0 Å². The van der Waals surface area contributed by atoms with Crippen LogP contribution in [0.15, 0.2) is 54.9 Å². The first-order chi connectivity index (χ1) is 8.33. The lowest BCUT2D eigenvalue weighted by molar-refractivity contribution is 0.425. The SMILES string of the molecule is Cn1ccnc1Oc1ccc2ccccc2c1. The van der Waals surface area contributed by atoms with Crippen molar-refractivity contribution in [1.82, 2.24) is 9.55 Å². The van der Waals surface area contributed by atoms with Gasteiger partial charge in [-0.3, -0.25) is 0 Å². The van der Waals surface area contributed by atoms with Gasteiger partial charge in [-0.15, -0.1) is 0 Å². The number of hydrogen-bond donors (Lipinski definition) is 0. The molecular formula is C14H12N2O. The molecule has 0 saturated heterocycles. The summed E-state index contributed by atoms with van der Waals surface area (Å²) in [6, 6.07) is 14.8. The van der Waals surface area contributed by atoms with E-state index in [9.17, 15) is 0 Å². The Morgan fingerprint density at radius 2 is 1.88 bits per heavy atom. The third-order valence-electron chi connectivity index (χ3n) is 2.71. The van der Waals surface area contributed by atoms with E-state index in [2.05, 4.69) is 17.1 Å². The molecule has 0 fully saturated rings. The number of fused-ring (bicyclic) bond motifs is 1. The molecule has 3 heteroatoms. The van der Waals surface area contributed by atoms with Crippen LogP contribution in [0.25, 0.3) is 10.8 Å². The molecule has 1 aromatic heterocycles. The van der Waals surface area contributed by atoms with Crippen molar-refractivity contribution in [3.8, 4) is 11.8 Å². The van der Waals surface area contributed by atoms with Crippen LogP contribution < -0.4 is 4.74 Å². The van der Waals surface area contributed by atoms with Crippen LogP contribution >= 0.6 is 0 Å². The molecule has 17 heavy (non-hydrogen) atoms. The van der Waals surface area contributed by atoms with Crippen molar-refractivity contribution in [1.29, 1.82) is 0 Å². The van der Waals surface area contributed by atoms with Crippen LogP contribution in [0.1, 0.15) is 0 Å². The van der Waals surface area contributed by atoms with Crippen molar-refractivity contribution in [3.63, 3.8) is 0 Å². The van der Waals surface area contributed by atoms with E-state index in [0.717, 1.165) is 5.75 Å². The highest BCUT2D eigenvalue weighted by molar-refractivity contribution is 5.83. The molecule has 3 nitrogen and oxygen atoms in total. The van der Waals surface area contributed by atoms with E-state index in [4.69, 9.17) is 4.74 Å². The van der Waals surface area contributed by atoms with E-state index in [-0.39, 0.29) is 0 Å². The number of hydrogen-bond acceptors (Lipinski definition) is 2. The van der Waals surface area contributed by atoms with Gasteiger partial charge in [-0.25, -0.2) is 4.98 Å². The molecule has 0 bridgehead atoms. The average Bonchev–Trinajstić information content (AvgIpc) is 2.75. The van der Waals surface area contributed by atoms with E-state index < -0.39 is 0 Å². The molecule has 0 radical (unpaired) electrons. The highest BCUT2D eigenvalue weighted by Gasteiger charge is 2.02. The van der Waals surface area contributed by atoms with Crippen molar-refractivity contribution in [2.24, 2.45) is 7.05 Å². The van der Waals surface area contributed by atoms with E-state index in [0.29, 0.717) is 6.01 Å². The van der Waals surface area contributed by atoms with E-state index >= 15 is 0 Å². The first-order valence-electron chi connectivity index (χ1n) is 5.47. The Morgan fingerprint density at radius 1 is 1.06 bits per heavy atom. The summed E-state index contributed by atoms with van der Waals surface area (Å²) in [7, 11) is 1.91. The summed E-state index contributed by atoms with van der Waals surface area (Å²) in [5.74, 6) is 0.804. The van der Waals surface area contributed by atoms with E-state index in [1.807, 2.05) is 48.1 Å². The lowest BCUT2D eigenvalue weighted by Crippen LogP contribution is -1.93. The zero-order valence-corrected chi connectivity index (χ0v) is 9.50. The van der Waals surface area contributed by atoms with Gasteiger partial charge < -0.3 is 9.30 Å². The highest BCUT2D eigenvalue weighted by Crippen LogP contribution is 2.24. The van der Waals surface area contributed by atoms with Gasteiger partial charge in [-0.05, 0) is 22.9 Å². The summed E-state index contributed by atoms with van der Waals surface area (Å²) in [5.41, 5.74) is 0. The highest BCUT2D eigenvalue weighted by atomic mass is 16.5. The van der Waals surface area contributed by atoms with Crippen molar-refractivity contribution in [2.75, 3.05) is 0 Å². The van der Waals surface area contributed by atoms with Crippen molar-refractivity contribution >= 4 is 10.8 Å². The third kappa shape index (κ3) is 1.87. The van der Waals surface area contributed by atoms with Crippen molar-refractivity contribution < 1.29 is 4.74 Å². The molecule has 0 atom stereocenters. The quantitative estimate of drug-likeness (QED) is 0.667. The van der Waals surface area contributed by atoms with Gasteiger partial charge in [0.2, 0.25) is 0 Å². The predicted octanol–water partition coefficient (Wildman–Crippen LogP) is 3.37. The second-order valence-electron chi connectivity index (χ2n) is 3.93. The van der Waals surface area contributed by atoms with Gasteiger partial charge in [-0.1, -0.05) is 30.3 Å². The first-order valence-corrected chi connectivity index (χ1v) is 5.47. The average molecular weight is 224 g/mol. The number of aromatic nitrogens is 2. The van der Waals surface area contributed by atoms with Gasteiger partial charge in [0.15, 0.2) is 0 Å². The Balaban J connectivity index is 1.99. The van der Waals surface area contributed by atoms with Crippen molar-refractivity contribution in [3.05, 3.63) is 54.9 Å². The van der Waals surface area contributed by atoms with E-state index in [1.54, 1.807) is 6.20 Å². The number of nitrogens with zero attached hydrogens (tertiary/aromatic N) is 2. The summed E-state index contributed by atoms with van der Waals surface area (Å²) >= 11 is 0. The Hall–Kier alpha value is -2.29. The Labute approximate surface area is 99.3 Å².